The molecule has 1 atom stereocenters. The van der Waals surface area contributed by atoms with E-state index in [1.54, 1.807) is 36.5 Å². The second-order valence-electron chi connectivity index (χ2n) is 5.77. The Morgan fingerprint density at radius 3 is 2.67 bits per heavy atom. The summed E-state index contributed by atoms with van der Waals surface area (Å²) in [6.07, 6.45) is -0.881. The number of carbonyl (C=O) groups excluding carboxylic acids is 2. The van der Waals surface area contributed by atoms with Gasteiger partial charge in [-0.3, -0.25) is 9.59 Å². The standard InChI is InChI=1S/C19H17ClN2O3S2/c1-11-12(20)4-2-5-13(11)22-19(25)18(24)21-10-14(23)15-7-8-17(27-15)16-6-3-9-26-16/h2-9,14,23H,10H2,1H3,(H,21,24)(H,22,25)/t14-/m0/s1. The number of nitrogens with one attached hydrogen (secondary N) is 2. The number of carbonyl (C=O) groups is 2. The molecule has 3 aromatic rings. The van der Waals surface area contributed by atoms with E-state index < -0.39 is 17.9 Å². The highest BCUT2D eigenvalue weighted by molar-refractivity contribution is 7.21. The van der Waals surface area contributed by atoms with Crippen molar-refractivity contribution in [2.45, 2.75) is 13.0 Å². The van der Waals surface area contributed by atoms with Gasteiger partial charge < -0.3 is 15.7 Å². The number of rotatable bonds is 5. The van der Waals surface area contributed by atoms with Crippen molar-refractivity contribution in [2.75, 3.05) is 11.9 Å². The van der Waals surface area contributed by atoms with E-state index in [-0.39, 0.29) is 6.54 Å². The Balaban J connectivity index is 1.55. The Bertz CT molecular complexity index is 954. The van der Waals surface area contributed by atoms with Crippen LogP contribution in [0.1, 0.15) is 16.5 Å². The fourth-order valence-electron chi connectivity index (χ4n) is 2.38. The van der Waals surface area contributed by atoms with E-state index in [1.165, 1.54) is 11.3 Å². The first-order valence-corrected chi connectivity index (χ1v) is 10.2. The maximum atomic E-state index is 12.0. The lowest BCUT2D eigenvalue weighted by Gasteiger charge is -2.12. The topological polar surface area (TPSA) is 78.4 Å². The normalized spacial score (nSPS) is 11.8. The average Bonchev–Trinajstić information content (AvgIpc) is 3.34. The smallest absolute Gasteiger partial charge is 0.313 e. The van der Waals surface area contributed by atoms with Gasteiger partial charge in [-0.15, -0.1) is 22.7 Å². The van der Waals surface area contributed by atoms with E-state index in [1.807, 2.05) is 29.6 Å². The number of hydrogen-bond acceptors (Lipinski definition) is 5. The minimum atomic E-state index is -0.881. The highest BCUT2D eigenvalue weighted by atomic mass is 35.5. The molecule has 0 radical (unpaired) electrons. The van der Waals surface area contributed by atoms with E-state index in [0.29, 0.717) is 16.3 Å². The summed E-state index contributed by atoms with van der Waals surface area (Å²) < 4.78 is 0. The number of hydrogen-bond donors (Lipinski definition) is 3. The number of aliphatic hydroxyl groups excluding tert-OH is 1. The zero-order valence-electron chi connectivity index (χ0n) is 14.4. The molecule has 8 heteroatoms. The van der Waals surface area contributed by atoms with Gasteiger partial charge >= 0.3 is 11.8 Å². The summed E-state index contributed by atoms with van der Waals surface area (Å²) in [5.74, 6) is -1.62. The number of amides is 2. The Labute approximate surface area is 169 Å². The fraction of sp³-hybridized carbons (Fsp3) is 0.158. The number of halogens is 1. The molecule has 0 fully saturated rings. The first kappa shape index (κ1) is 19.6. The molecule has 0 saturated heterocycles. The van der Waals surface area contributed by atoms with Crippen LogP contribution in [0.5, 0.6) is 0 Å². The lowest BCUT2D eigenvalue weighted by Crippen LogP contribution is -2.37. The second kappa shape index (κ2) is 8.67. The van der Waals surface area contributed by atoms with Gasteiger partial charge in [-0.2, -0.15) is 0 Å². The summed E-state index contributed by atoms with van der Waals surface area (Å²) in [4.78, 5) is 27.0. The van der Waals surface area contributed by atoms with Crippen LogP contribution in [-0.4, -0.2) is 23.5 Å². The third-order valence-corrected chi connectivity index (χ3v) is 6.56. The van der Waals surface area contributed by atoms with Crippen LogP contribution in [0.15, 0.2) is 47.8 Å². The Morgan fingerprint density at radius 1 is 1.11 bits per heavy atom. The van der Waals surface area contributed by atoms with Crippen molar-refractivity contribution in [1.82, 2.24) is 5.32 Å². The molecule has 3 N–H and O–H groups in total. The quantitative estimate of drug-likeness (QED) is 0.540. The first-order valence-electron chi connectivity index (χ1n) is 8.11. The van der Waals surface area contributed by atoms with Gasteiger partial charge in [-0.05, 0) is 48.2 Å². The number of anilines is 1. The molecule has 3 rings (SSSR count). The zero-order valence-corrected chi connectivity index (χ0v) is 16.8. The predicted molar refractivity (Wildman–Crippen MR) is 110 cm³/mol. The van der Waals surface area contributed by atoms with Crippen molar-refractivity contribution in [3.63, 3.8) is 0 Å². The molecule has 0 saturated carbocycles. The summed E-state index contributed by atoms with van der Waals surface area (Å²) in [5, 5.41) is 17.8. The van der Waals surface area contributed by atoms with Crippen LogP contribution in [0.25, 0.3) is 9.75 Å². The van der Waals surface area contributed by atoms with E-state index in [2.05, 4.69) is 10.6 Å². The van der Waals surface area contributed by atoms with Gasteiger partial charge in [0.15, 0.2) is 0 Å². The SMILES string of the molecule is Cc1c(Cl)cccc1NC(=O)C(=O)NC[C@H](O)c1ccc(-c2cccs2)s1. The van der Waals surface area contributed by atoms with E-state index in [9.17, 15) is 14.7 Å². The molecular formula is C19H17ClN2O3S2. The molecule has 2 aromatic heterocycles. The first-order chi connectivity index (χ1) is 13.0. The number of benzene rings is 1. The molecule has 0 bridgehead atoms. The van der Waals surface area contributed by atoms with Crippen LogP contribution in [-0.2, 0) is 9.59 Å². The monoisotopic (exact) mass is 420 g/mol. The highest BCUT2D eigenvalue weighted by Crippen LogP contribution is 2.33. The van der Waals surface area contributed by atoms with Gasteiger partial charge in [0.1, 0.15) is 6.10 Å². The third kappa shape index (κ3) is 4.75. The zero-order chi connectivity index (χ0) is 19.4. The molecule has 0 aliphatic heterocycles. The van der Waals surface area contributed by atoms with Crippen LogP contribution in [0.3, 0.4) is 0 Å². The second-order valence-corrected chi connectivity index (χ2v) is 8.24. The van der Waals surface area contributed by atoms with Gasteiger partial charge in [0.25, 0.3) is 0 Å². The van der Waals surface area contributed by atoms with Crippen LogP contribution in [0, 0.1) is 6.92 Å². The lowest BCUT2D eigenvalue weighted by molar-refractivity contribution is -0.136. The average molecular weight is 421 g/mol. The van der Waals surface area contributed by atoms with Crippen molar-refractivity contribution >= 4 is 51.8 Å². The van der Waals surface area contributed by atoms with Gasteiger partial charge in [0, 0.05) is 31.9 Å². The molecular weight excluding hydrogens is 404 g/mol. The molecule has 140 valence electrons. The summed E-state index contributed by atoms with van der Waals surface area (Å²) >= 11 is 9.09. The molecule has 1 aromatic carbocycles. The lowest BCUT2D eigenvalue weighted by atomic mass is 10.2. The van der Waals surface area contributed by atoms with Crippen LogP contribution in [0.4, 0.5) is 5.69 Å². The summed E-state index contributed by atoms with van der Waals surface area (Å²) in [6, 6.07) is 12.8. The molecule has 0 aliphatic carbocycles. The fourth-order valence-corrected chi connectivity index (χ4v) is 4.38. The van der Waals surface area contributed by atoms with Crippen molar-refractivity contribution in [2.24, 2.45) is 0 Å². The molecule has 27 heavy (non-hydrogen) atoms. The molecule has 0 spiro atoms. The molecule has 0 unspecified atom stereocenters. The summed E-state index contributed by atoms with van der Waals surface area (Å²) in [6.45, 7) is 1.70. The van der Waals surface area contributed by atoms with Gasteiger partial charge in [-0.25, -0.2) is 0 Å². The van der Waals surface area contributed by atoms with Gasteiger partial charge in [0.05, 0.1) is 0 Å². The van der Waals surface area contributed by atoms with Crippen molar-refractivity contribution < 1.29 is 14.7 Å². The van der Waals surface area contributed by atoms with Gasteiger partial charge in [0.2, 0.25) is 0 Å². The predicted octanol–water partition coefficient (Wildman–Crippen LogP) is 4.23. The van der Waals surface area contributed by atoms with Crippen molar-refractivity contribution in [3.8, 4) is 9.75 Å². The summed E-state index contributed by atoms with van der Waals surface area (Å²) in [7, 11) is 0. The summed E-state index contributed by atoms with van der Waals surface area (Å²) in [5.41, 5.74) is 1.15. The van der Waals surface area contributed by atoms with E-state index in [4.69, 9.17) is 11.6 Å². The third-order valence-electron chi connectivity index (χ3n) is 3.90. The van der Waals surface area contributed by atoms with Crippen LogP contribution >= 0.6 is 34.3 Å². The molecule has 2 heterocycles. The largest absolute Gasteiger partial charge is 0.386 e. The maximum absolute atomic E-state index is 12.0. The van der Waals surface area contributed by atoms with Gasteiger partial charge in [-0.1, -0.05) is 23.7 Å². The van der Waals surface area contributed by atoms with Crippen molar-refractivity contribution in [1.29, 1.82) is 0 Å². The van der Waals surface area contributed by atoms with E-state index in [0.717, 1.165) is 14.6 Å². The number of thiophene rings is 2. The minimum absolute atomic E-state index is 0.0504. The highest BCUT2D eigenvalue weighted by Gasteiger charge is 2.18. The molecule has 2 amide bonds. The van der Waals surface area contributed by atoms with E-state index >= 15 is 0 Å². The molecule has 5 nitrogen and oxygen atoms in total. The maximum Gasteiger partial charge on any atom is 0.313 e. The Morgan fingerprint density at radius 2 is 1.93 bits per heavy atom. The molecule has 0 aliphatic rings. The minimum Gasteiger partial charge on any atom is -0.386 e. The Kier molecular flexibility index (Phi) is 6.28. The number of aliphatic hydroxyl groups is 1. The van der Waals surface area contributed by atoms with Crippen molar-refractivity contribution in [3.05, 3.63) is 63.3 Å². The Hall–Kier alpha value is -2.19. The van der Waals surface area contributed by atoms with Crippen LogP contribution in [0.2, 0.25) is 5.02 Å². The van der Waals surface area contributed by atoms with Crippen LogP contribution < -0.4 is 10.6 Å².